The Hall–Kier alpha value is -1.06. The summed E-state index contributed by atoms with van der Waals surface area (Å²) in [5.41, 5.74) is 2.24. The van der Waals surface area contributed by atoms with Gasteiger partial charge in [0.2, 0.25) is 0 Å². The monoisotopic (exact) mass is 262 g/mol. The highest BCUT2D eigenvalue weighted by Gasteiger charge is 2.22. The second kappa shape index (κ2) is 6.40. The average molecular weight is 262 g/mol. The third kappa shape index (κ3) is 3.28. The van der Waals surface area contributed by atoms with Gasteiger partial charge < -0.3 is 10.0 Å². The molecule has 0 radical (unpaired) electrons. The molecule has 3 heteroatoms. The van der Waals surface area contributed by atoms with Crippen molar-refractivity contribution in [1.29, 1.82) is 0 Å². The van der Waals surface area contributed by atoms with Crippen LogP contribution in [0, 0.1) is 0 Å². The van der Waals surface area contributed by atoms with E-state index in [1.54, 1.807) is 0 Å². The van der Waals surface area contributed by atoms with Crippen molar-refractivity contribution >= 4 is 5.69 Å². The first-order chi connectivity index (χ1) is 9.13. The minimum Gasteiger partial charge on any atom is -0.389 e. The third-order valence-corrected chi connectivity index (χ3v) is 4.26. The van der Waals surface area contributed by atoms with Crippen molar-refractivity contribution in [2.24, 2.45) is 0 Å². The van der Waals surface area contributed by atoms with Gasteiger partial charge in [-0.15, -0.1) is 0 Å². The second-order valence-electron chi connectivity index (χ2n) is 5.52. The van der Waals surface area contributed by atoms with Crippen molar-refractivity contribution in [3.63, 3.8) is 0 Å². The first-order valence-electron chi connectivity index (χ1n) is 7.39. The Morgan fingerprint density at radius 1 is 1.11 bits per heavy atom. The van der Waals surface area contributed by atoms with Gasteiger partial charge in [-0.25, -0.2) is 0 Å². The van der Waals surface area contributed by atoms with E-state index in [0.717, 1.165) is 31.7 Å². The van der Waals surface area contributed by atoms with Gasteiger partial charge in [-0.05, 0) is 26.3 Å². The van der Waals surface area contributed by atoms with Gasteiger partial charge in [0.15, 0.2) is 0 Å². The minimum absolute atomic E-state index is 0.399. The van der Waals surface area contributed by atoms with E-state index in [9.17, 15) is 5.11 Å². The highest BCUT2D eigenvalue weighted by molar-refractivity contribution is 5.54. The molecule has 106 valence electrons. The summed E-state index contributed by atoms with van der Waals surface area (Å²) in [4.78, 5) is 4.96. The first kappa shape index (κ1) is 14.4. The van der Waals surface area contributed by atoms with Gasteiger partial charge in [-0.1, -0.05) is 25.1 Å². The zero-order valence-electron chi connectivity index (χ0n) is 12.3. The number of benzene rings is 1. The highest BCUT2D eigenvalue weighted by atomic mass is 16.3. The number of nitrogens with zero attached hydrogens (tertiary/aromatic N) is 2. The van der Waals surface area contributed by atoms with Gasteiger partial charge in [-0.2, -0.15) is 0 Å². The number of piperazine rings is 1. The summed E-state index contributed by atoms with van der Waals surface area (Å²) in [6.45, 7) is 10.7. The standard InChI is InChI=1S/C16H26N2O/c1-4-13(2)17-9-11-18(12-10-17)16-8-6-5-7-15(16)14(3)19/h5-8,13-14,19H,4,9-12H2,1-3H3/t13?,14-/m0/s1. The normalized spacial score (nSPS) is 20.3. The molecule has 2 rings (SSSR count). The molecule has 0 aliphatic carbocycles. The summed E-state index contributed by atoms with van der Waals surface area (Å²) in [7, 11) is 0. The van der Waals surface area contributed by atoms with E-state index < -0.39 is 6.10 Å². The van der Waals surface area contributed by atoms with Crippen molar-refractivity contribution < 1.29 is 5.11 Å². The van der Waals surface area contributed by atoms with E-state index >= 15 is 0 Å². The van der Waals surface area contributed by atoms with Gasteiger partial charge in [0, 0.05) is 43.5 Å². The molecule has 0 spiro atoms. The van der Waals surface area contributed by atoms with Crippen LogP contribution in [0.4, 0.5) is 5.69 Å². The number of hydrogen-bond donors (Lipinski definition) is 1. The van der Waals surface area contributed by atoms with E-state index in [1.807, 2.05) is 19.1 Å². The number of anilines is 1. The fourth-order valence-corrected chi connectivity index (χ4v) is 2.79. The van der Waals surface area contributed by atoms with E-state index in [4.69, 9.17) is 0 Å². The summed E-state index contributed by atoms with van der Waals surface area (Å²) < 4.78 is 0. The van der Waals surface area contributed by atoms with Gasteiger partial charge in [0.05, 0.1) is 6.10 Å². The van der Waals surface area contributed by atoms with Crippen molar-refractivity contribution in [3.05, 3.63) is 29.8 Å². The van der Waals surface area contributed by atoms with Crippen LogP contribution in [0.15, 0.2) is 24.3 Å². The second-order valence-corrected chi connectivity index (χ2v) is 5.52. The Morgan fingerprint density at radius 3 is 2.32 bits per heavy atom. The Balaban J connectivity index is 2.06. The SMILES string of the molecule is CCC(C)N1CCN(c2ccccc2[C@H](C)O)CC1. The Labute approximate surface area is 116 Å². The van der Waals surface area contributed by atoms with Crippen LogP contribution >= 0.6 is 0 Å². The van der Waals surface area contributed by atoms with Crippen LogP contribution in [-0.2, 0) is 0 Å². The molecule has 0 bridgehead atoms. The largest absolute Gasteiger partial charge is 0.389 e. The molecule has 1 aliphatic rings. The smallest absolute Gasteiger partial charge is 0.0781 e. The van der Waals surface area contributed by atoms with Gasteiger partial charge in [0.25, 0.3) is 0 Å². The molecule has 1 aromatic rings. The highest BCUT2D eigenvalue weighted by Crippen LogP contribution is 2.27. The lowest BCUT2D eigenvalue weighted by molar-refractivity contribution is 0.189. The molecule has 1 N–H and O–H groups in total. The van der Waals surface area contributed by atoms with Crippen LogP contribution < -0.4 is 4.90 Å². The molecule has 0 saturated carbocycles. The maximum Gasteiger partial charge on any atom is 0.0781 e. The van der Waals surface area contributed by atoms with Crippen LogP contribution in [0.3, 0.4) is 0 Å². The number of aliphatic hydroxyl groups is 1. The maximum absolute atomic E-state index is 9.88. The topological polar surface area (TPSA) is 26.7 Å². The Morgan fingerprint density at radius 2 is 1.74 bits per heavy atom. The van der Waals surface area contributed by atoms with Crippen LogP contribution in [0.25, 0.3) is 0 Å². The van der Waals surface area contributed by atoms with Gasteiger partial charge >= 0.3 is 0 Å². The predicted molar refractivity (Wildman–Crippen MR) is 80.6 cm³/mol. The third-order valence-electron chi connectivity index (χ3n) is 4.26. The number of rotatable bonds is 4. The van der Waals surface area contributed by atoms with Gasteiger partial charge in [0.1, 0.15) is 0 Å². The molecule has 1 aromatic carbocycles. The lowest BCUT2D eigenvalue weighted by Crippen LogP contribution is -2.49. The molecule has 1 fully saturated rings. The summed E-state index contributed by atoms with van der Waals surface area (Å²) in [6.07, 6.45) is 0.813. The molecule has 3 nitrogen and oxygen atoms in total. The van der Waals surface area contributed by atoms with Crippen LogP contribution in [0.5, 0.6) is 0 Å². The Kier molecular flexibility index (Phi) is 4.83. The van der Waals surface area contributed by atoms with Crippen molar-refractivity contribution in [1.82, 2.24) is 4.90 Å². The number of para-hydroxylation sites is 1. The van der Waals surface area contributed by atoms with Crippen molar-refractivity contribution in [2.45, 2.75) is 39.3 Å². The number of aliphatic hydroxyl groups excluding tert-OH is 1. The maximum atomic E-state index is 9.88. The molecule has 1 aliphatic heterocycles. The zero-order chi connectivity index (χ0) is 13.8. The van der Waals surface area contributed by atoms with Crippen LogP contribution in [0.1, 0.15) is 38.9 Å². The summed E-state index contributed by atoms with van der Waals surface area (Å²) in [6, 6.07) is 8.89. The zero-order valence-corrected chi connectivity index (χ0v) is 12.3. The molecule has 19 heavy (non-hydrogen) atoms. The molecular formula is C16H26N2O. The lowest BCUT2D eigenvalue weighted by atomic mass is 10.1. The fourth-order valence-electron chi connectivity index (χ4n) is 2.79. The summed E-state index contributed by atoms with van der Waals surface area (Å²) in [5.74, 6) is 0. The van der Waals surface area contributed by atoms with Crippen molar-refractivity contribution in [2.75, 3.05) is 31.1 Å². The summed E-state index contributed by atoms with van der Waals surface area (Å²) >= 11 is 0. The molecule has 1 heterocycles. The van der Waals surface area contributed by atoms with E-state index in [2.05, 4.69) is 35.8 Å². The quantitative estimate of drug-likeness (QED) is 0.903. The lowest BCUT2D eigenvalue weighted by Gasteiger charge is -2.39. The van der Waals surface area contributed by atoms with Crippen molar-refractivity contribution in [3.8, 4) is 0 Å². The Bertz CT molecular complexity index is 397. The van der Waals surface area contributed by atoms with Gasteiger partial charge in [-0.3, -0.25) is 4.90 Å². The van der Waals surface area contributed by atoms with E-state index in [0.29, 0.717) is 6.04 Å². The summed E-state index contributed by atoms with van der Waals surface area (Å²) in [5, 5.41) is 9.88. The van der Waals surface area contributed by atoms with Crippen LogP contribution in [0.2, 0.25) is 0 Å². The molecule has 0 amide bonds. The molecule has 1 unspecified atom stereocenters. The van der Waals surface area contributed by atoms with E-state index in [-0.39, 0.29) is 0 Å². The first-order valence-corrected chi connectivity index (χ1v) is 7.39. The molecular weight excluding hydrogens is 236 g/mol. The molecule has 2 atom stereocenters. The molecule has 1 saturated heterocycles. The number of hydrogen-bond acceptors (Lipinski definition) is 3. The fraction of sp³-hybridized carbons (Fsp3) is 0.625. The van der Waals surface area contributed by atoms with E-state index in [1.165, 1.54) is 12.1 Å². The average Bonchev–Trinajstić information content (AvgIpc) is 2.46. The predicted octanol–water partition coefficient (Wildman–Crippen LogP) is 2.66. The molecule has 0 aromatic heterocycles. The van der Waals surface area contributed by atoms with Crippen LogP contribution in [-0.4, -0.2) is 42.2 Å². The minimum atomic E-state index is -0.399.